The number of nitrogens with two attached hydrogens (primary N) is 1. The number of fused-ring (bicyclic) bond motifs is 1. The zero-order valence-corrected chi connectivity index (χ0v) is 17.4. The number of hydrogen-bond donors (Lipinski definition) is 4. The summed E-state index contributed by atoms with van der Waals surface area (Å²) >= 11 is 0. The predicted molar refractivity (Wildman–Crippen MR) is 118 cm³/mol. The van der Waals surface area contributed by atoms with Gasteiger partial charge in [-0.05, 0) is 36.8 Å². The maximum absolute atomic E-state index is 12.0. The van der Waals surface area contributed by atoms with E-state index in [1.807, 2.05) is 37.3 Å². The van der Waals surface area contributed by atoms with Crippen LogP contribution in [0.4, 0.5) is 5.69 Å². The number of guanidine groups is 1. The minimum atomic E-state index is -0.587. The van der Waals surface area contributed by atoms with E-state index in [4.69, 9.17) is 15.2 Å². The molecule has 0 saturated heterocycles. The van der Waals surface area contributed by atoms with Gasteiger partial charge in [0.25, 0.3) is 5.91 Å². The average Bonchev–Trinajstić information content (AvgIpc) is 3.01. The van der Waals surface area contributed by atoms with Gasteiger partial charge in [-0.25, -0.2) is 4.99 Å². The first kappa shape index (κ1) is 21.9. The highest BCUT2D eigenvalue weighted by Gasteiger charge is 2.11. The SMILES string of the molecule is CCNC(=NCc1ccc(C(=O)NCC(N)=O)cc1)Nc1ccc2c(c1)OCCCO2. The van der Waals surface area contributed by atoms with Crippen molar-refractivity contribution in [2.75, 3.05) is 31.6 Å². The Hall–Kier alpha value is -3.75. The smallest absolute Gasteiger partial charge is 0.251 e. The van der Waals surface area contributed by atoms with Crippen LogP contribution in [0.2, 0.25) is 0 Å². The first-order chi connectivity index (χ1) is 15.0. The van der Waals surface area contributed by atoms with Gasteiger partial charge in [0.15, 0.2) is 17.5 Å². The Morgan fingerprint density at radius 1 is 1.03 bits per heavy atom. The molecule has 2 aromatic carbocycles. The molecule has 2 aromatic rings. The van der Waals surface area contributed by atoms with E-state index in [-0.39, 0.29) is 12.5 Å². The summed E-state index contributed by atoms with van der Waals surface area (Å²) in [7, 11) is 0. The molecule has 164 valence electrons. The van der Waals surface area contributed by atoms with Gasteiger partial charge >= 0.3 is 0 Å². The van der Waals surface area contributed by atoms with Crippen molar-refractivity contribution in [3.63, 3.8) is 0 Å². The van der Waals surface area contributed by atoms with Crippen molar-refractivity contribution in [1.82, 2.24) is 10.6 Å². The molecule has 0 fully saturated rings. The second-order valence-electron chi connectivity index (χ2n) is 6.88. The van der Waals surface area contributed by atoms with Crippen molar-refractivity contribution in [1.29, 1.82) is 0 Å². The number of hydrogen-bond acceptors (Lipinski definition) is 5. The molecule has 2 amide bonds. The maximum atomic E-state index is 12.0. The largest absolute Gasteiger partial charge is 0.490 e. The van der Waals surface area contributed by atoms with Crippen molar-refractivity contribution in [2.24, 2.45) is 10.7 Å². The number of ether oxygens (including phenoxy) is 2. The fourth-order valence-electron chi connectivity index (χ4n) is 2.89. The lowest BCUT2D eigenvalue weighted by molar-refractivity contribution is -0.117. The van der Waals surface area contributed by atoms with Crippen molar-refractivity contribution in [2.45, 2.75) is 19.9 Å². The molecule has 0 aliphatic carbocycles. The lowest BCUT2D eigenvalue weighted by atomic mass is 10.1. The van der Waals surface area contributed by atoms with E-state index in [0.29, 0.717) is 43.6 Å². The number of rotatable bonds is 7. The number of primary amides is 1. The molecule has 3 rings (SSSR count). The summed E-state index contributed by atoms with van der Waals surface area (Å²) in [5.74, 6) is 1.14. The Balaban J connectivity index is 1.64. The van der Waals surface area contributed by atoms with Crippen LogP contribution in [-0.4, -0.2) is 44.1 Å². The number of anilines is 1. The fourth-order valence-corrected chi connectivity index (χ4v) is 2.89. The number of carbonyl (C=O) groups is 2. The van der Waals surface area contributed by atoms with Crippen LogP contribution in [0.25, 0.3) is 0 Å². The molecule has 0 aromatic heterocycles. The number of benzene rings is 2. The van der Waals surface area contributed by atoms with Gasteiger partial charge < -0.3 is 31.2 Å². The van der Waals surface area contributed by atoms with Crippen molar-refractivity contribution < 1.29 is 19.1 Å². The second-order valence-corrected chi connectivity index (χ2v) is 6.88. The van der Waals surface area contributed by atoms with Crippen molar-refractivity contribution in [3.05, 3.63) is 53.6 Å². The highest BCUT2D eigenvalue weighted by molar-refractivity contribution is 5.96. The minimum Gasteiger partial charge on any atom is -0.490 e. The zero-order valence-electron chi connectivity index (χ0n) is 17.4. The van der Waals surface area contributed by atoms with E-state index in [1.54, 1.807) is 12.1 Å². The standard InChI is InChI=1S/C22H27N5O4/c1-2-24-22(27-17-8-9-18-19(12-17)31-11-3-10-30-18)26-13-15-4-6-16(7-5-15)21(29)25-14-20(23)28/h4-9,12H,2-3,10-11,13-14H2,1H3,(H2,23,28)(H,25,29)(H2,24,26,27). The summed E-state index contributed by atoms with van der Waals surface area (Å²) in [6, 6.07) is 12.7. The molecule has 31 heavy (non-hydrogen) atoms. The topological polar surface area (TPSA) is 127 Å². The number of nitrogens with zero attached hydrogens (tertiary/aromatic N) is 1. The molecule has 5 N–H and O–H groups in total. The second kappa shape index (κ2) is 10.9. The lowest BCUT2D eigenvalue weighted by Gasteiger charge is -2.14. The van der Waals surface area contributed by atoms with Crippen LogP contribution in [0.15, 0.2) is 47.5 Å². The van der Waals surface area contributed by atoms with Gasteiger partial charge in [-0.15, -0.1) is 0 Å². The fraction of sp³-hybridized carbons (Fsp3) is 0.318. The van der Waals surface area contributed by atoms with Gasteiger partial charge in [0, 0.05) is 30.3 Å². The number of carbonyl (C=O) groups excluding carboxylic acids is 2. The predicted octanol–water partition coefficient (Wildman–Crippen LogP) is 1.64. The molecule has 9 heteroatoms. The minimum absolute atomic E-state index is 0.192. The molecular weight excluding hydrogens is 398 g/mol. The molecular formula is C22H27N5O4. The number of nitrogens with one attached hydrogen (secondary N) is 3. The van der Waals surface area contributed by atoms with E-state index in [9.17, 15) is 9.59 Å². The van der Waals surface area contributed by atoms with Gasteiger partial charge in [-0.2, -0.15) is 0 Å². The molecule has 1 aliphatic rings. The first-order valence-electron chi connectivity index (χ1n) is 10.2. The molecule has 1 heterocycles. The van der Waals surface area contributed by atoms with E-state index in [1.165, 1.54) is 0 Å². The molecule has 0 unspecified atom stereocenters. The van der Waals surface area contributed by atoms with Crippen LogP contribution in [0.1, 0.15) is 29.3 Å². The number of aliphatic imine (C=N–C) groups is 1. The lowest BCUT2D eigenvalue weighted by Crippen LogP contribution is -2.33. The zero-order chi connectivity index (χ0) is 22.1. The summed E-state index contributed by atoms with van der Waals surface area (Å²) in [5.41, 5.74) is 7.26. The van der Waals surface area contributed by atoms with E-state index >= 15 is 0 Å². The van der Waals surface area contributed by atoms with Crippen LogP contribution in [-0.2, 0) is 11.3 Å². The van der Waals surface area contributed by atoms with Gasteiger partial charge in [0.1, 0.15) is 0 Å². The van der Waals surface area contributed by atoms with Crippen LogP contribution >= 0.6 is 0 Å². The number of amides is 2. The van der Waals surface area contributed by atoms with Gasteiger partial charge in [0.2, 0.25) is 5.91 Å². The summed E-state index contributed by atoms with van der Waals surface area (Å²) in [4.78, 5) is 27.3. The molecule has 0 saturated carbocycles. The molecule has 1 aliphatic heterocycles. The van der Waals surface area contributed by atoms with E-state index in [2.05, 4.69) is 20.9 Å². The Morgan fingerprint density at radius 3 is 2.48 bits per heavy atom. The summed E-state index contributed by atoms with van der Waals surface area (Å²) in [6.07, 6.45) is 0.854. The third kappa shape index (κ3) is 6.63. The molecule has 0 bridgehead atoms. The Kier molecular flexibility index (Phi) is 7.69. The summed E-state index contributed by atoms with van der Waals surface area (Å²) in [6.45, 7) is 4.20. The normalized spacial score (nSPS) is 13.1. The molecule has 0 radical (unpaired) electrons. The van der Waals surface area contributed by atoms with Crippen LogP contribution in [0.3, 0.4) is 0 Å². The maximum Gasteiger partial charge on any atom is 0.251 e. The Morgan fingerprint density at radius 2 is 1.77 bits per heavy atom. The van der Waals surface area contributed by atoms with Crippen LogP contribution in [0, 0.1) is 0 Å². The average molecular weight is 425 g/mol. The van der Waals surface area contributed by atoms with E-state index in [0.717, 1.165) is 23.4 Å². The van der Waals surface area contributed by atoms with Crippen LogP contribution < -0.4 is 31.2 Å². The highest BCUT2D eigenvalue weighted by atomic mass is 16.5. The third-order valence-electron chi connectivity index (χ3n) is 4.41. The molecule has 9 nitrogen and oxygen atoms in total. The van der Waals surface area contributed by atoms with Crippen LogP contribution in [0.5, 0.6) is 11.5 Å². The Labute approximate surface area is 181 Å². The van der Waals surface area contributed by atoms with E-state index < -0.39 is 5.91 Å². The summed E-state index contributed by atoms with van der Waals surface area (Å²) in [5, 5.41) is 8.94. The quantitative estimate of drug-likeness (QED) is 0.395. The molecule has 0 atom stereocenters. The highest BCUT2D eigenvalue weighted by Crippen LogP contribution is 2.32. The molecule has 0 spiro atoms. The van der Waals surface area contributed by atoms with Gasteiger partial charge in [0.05, 0.1) is 26.3 Å². The third-order valence-corrected chi connectivity index (χ3v) is 4.41. The first-order valence-corrected chi connectivity index (χ1v) is 10.2. The summed E-state index contributed by atoms with van der Waals surface area (Å²) < 4.78 is 11.4. The van der Waals surface area contributed by atoms with Crippen molar-refractivity contribution >= 4 is 23.5 Å². The Bertz CT molecular complexity index is 943. The van der Waals surface area contributed by atoms with Crippen molar-refractivity contribution in [3.8, 4) is 11.5 Å². The van der Waals surface area contributed by atoms with Gasteiger partial charge in [-0.1, -0.05) is 12.1 Å². The monoisotopic (exact) mass is 425 g/mol. The van der Waals surface area contributed by atoms with Gasteiger partial charge in [-0.3, -0.25) is 9.59 Å².